The average Bonchev–Trinajstić information content (AvgIpc) is 3.26. The molecular formula is C34H32N3P. The molecule has 0 aliphatic heterocycles. The highest BCUT2D eigenvalue weighted by atomic mass is 31.1. The van der Waals surface area contributed by atoms with Crippen LogP contribution in [0.1, 0.15) is 31.9 Å². The number of benzene rings is 3. The summed E-state index contributed by atoms with van der Waals surface area (Å²) in [5, 5.41) is 3.81. The van der Waals surface area contributed by atoms with Crippen LogP contribution >= 0.6 is 7.92 Å². The average molecular weight is 514 g/mol. The van der Waals surface area contributed by atoms with E-state index in [1.54, 1.807) is 0 Å². The van der Waals surface area contributed by atoms with E-state index in [4.69, 9.17) is 9.97 Å². The van der Waals surface area contributed by atoms with Crippen molar-refractivity contribution < 1.29 is 0 Å². The van der Waals surface area contributed by atoms with Crippen LogP contribution in [-0.2, 0) is 5.41 Å². The molecule has 0 N–H and O–H groups in total. The Morgan fingerprint density at radius 3 is 2.26 bits per heavy atom. The van der Waals surface area contributed by atoms with E-state index >= 15 is 0 Å². The van der Waals surface area contributed by atoms with Crippen molar-refractivity contribution in [3.05, 3.63) is 115 Å². The number of aromatic nitrogens is 3. The van der Waals surface area contributed by atoms with Crippen molar-refractivity contribution in [3.63, 3.8) is 0 Å². The zero-order valence-corrected chi connectivity index (χ0v) is 23.5. The summed E-state index contributed by atoms with van der Waals surface area (Å²) in [7, 11) is -0.564. The second kappa shape index (κ2) is 9.49. The standard InChI is InChI=1S/C34H32N3P/c1-23-15-17-35-32(19-23)37-30-12-7-6-11-28(30)29-14-13-25(21-31(29)37)24-9-8-10-27(20-24)38(5)33-22-26(16-18-36-33)34(2,3)4/h6-22H,1-5H3. The van der Waals surface area contributed by atoms with Crippen LogP contribution in [0.5, 0.6) is 0 Å². The molecule has 0 saturated carbocycles. The molecule has 3 aromatic carbocycles. The normalized spacial score (nSPS) is 12.8. The van der Waals surface area contributed by atoms with Gasteiger partial charge in [-0.1, -0.05) is 69.3 Å². The van der Waals surface area contributed by atoms with E-state index in [1.165, 1.54) is 54.8 Å². The van der Waals surface area contributed by atoms with Crippen molar-refractivity contribution in [1.29, 1.82) is 0 Å². The number of hydrogen-bond acceptors (Lipinski definition) is 2. The van der Waals surface area contributed by atoms with Crippen LogP contribution in [0.2, 0.25) is 0 Å². The maximum atomic E-state index is 4.77. The lowest BCUT2D eigenvalue weighted by atomic mass is 9.88. The van der Waals surface area contributed by atoms with Gasteiger partial charge in [-0.05, 0) is 96.9 Å². The Balaban J connectivity index is 1.46. The van der Waals surface area contributed by atoms with E-state index in [-0.39, 0.29) is 5.41 Å². The summed E-state index contributed by atoms with van der Waals surface area (Å²) in [4.78, 5) is 9.51. The van der Waals surface area contributed by atoms with Gasteiger partial charge < -0.3 is 0 Å². The summed E-state index contributed by atoms with van der Waals surface area (Å²) < 4.78 is 2.29. The van der Waals surface area contributed by atoms with Crippen molar-refractivity contribution in [2.75, 3.05) is 6.66 Å². The van der Waals surface area contributed by atoms with Gasteiger partial charge in [-0.2, -0.15) is 0 Å². The van der Waals surface area contributed by atoms with Crippen LogP contribution in [0.4, 0.5) is 0 Å². The van der Waals surface area contributed by atoms with Gasteiger partial charge >= 0.3 is 0 Å². The summed E-state index contributed by atoms with van der Waals surface area (Å²) in [5.74, 6) is 0.948. The van der Waals surface area contributed by atoms with Crippen LogP contribution < -0.4 is 10.7 Å². The van der Waals surface area contributed by atoms with Crippen LogP contribution in [0.3, 0.4) is 0 Å². The fraction of sp³-hybridized carbons (Fsp3) is 0.176. The molecule has 3 heterocycles. The maximum Gasteiger partial charge on any atom is 0.137 e. The van der Waals surface area contributed by atoms with Crippen molar-refractivity contribution in [2.45, 2.75) is 33.1 Å². The Morgan fingerprint density at radius 1 is 0.684 bits per heavy atom. The third-order valence-corrected chi connectivity index (χ3v) is 9.31. The molecule has 1 unspecified atom stereocenters. The van der Waals surface area contributed by atoms with Gasteiger partial charge in [0, 0.05) is 23.2 Å². The first-order valence-electron chi connectivity index (χ1n) is 13.1. The first-order chi connectivity index (χ1) is 18.3. The quantitative estimate of drug-likeness (QED) is 0.224. The lowest BCUT2D eigenvalue weighted by molar-refractivity contribution is 0.590. The summed E-state index contributed by atoms with van der Waals surface area (Å²) in [6.07, 6.45) is 3.86. The van der Waals surface area contributed by atoms with Crippen molar-refractivity contribution in [3.8, 4) is 16.9 Å². The van der Waals surface area contributed by atoms with Gasteiger partial charge in [0.05, 0.1) is 16.5 Å². The van der Waals surface area contributed by atoms with E-state index in [1.807, 2.05) is 18.5 Å². The molecular weight excluding hydrogens is 481 g/mol. The summed E-state index contributed by atoms with van der Waals surface area (Å²) in [6.45, 7) is 11.2. The minimum atomic E-state index is -0.564. The van der Waals surface area contributed by atoms with Gasteiger partial charge in [-0.25, -0.2) is 4.98 Å². The van der Waals surface area contributed by atoms with E-state index in [9.17, 15) is 0 Å². The first-order valence-corrected chi connectivity index (χ1v) is 14.9. The second-order valence-electron chi connectivity index (χ2n) is 11.0. The van der Waals surface area contributed by atoms with Crippen molar-refractivity contribution in [1.82, 2.24) is 14.5 Å². The maximum absolute atomic E-state index is 4.77. The Hall–Kier alpha value is -3.81. The molecule has 1 atom stereocenters. The predicted molar refractivity (Wildman–Crippen MR) is 164 cm³/mol. The largest absolute Gasteiger partial charge is 0.294 e. The molecule has 0 fully saturated rings. The molecule has 3 aromatic heterocycles. The monoisotopic (exact) mass is 513 g/mol. The topological polar surface area (TPSA) is 30.7 Å². The van der Waals surface area contributed by atoms with Crippen LogP contribution in [0.15, 0.2) is 103 Å². The van der Waals surface area contributed by atoms with Crippen LogP contribution in [-0.4, -0.2) is 21.2 Å². The number of nitrogens with zero attached hydrogens (tertiary/aromatic N) is 3. The minimum absolute atomic E-state index is 0.107. The smallest absolute Gasteiger partial charge is 0.137 e. The van der Waals surface area contributed by atoms with Gasteiger partial charge in [0.15, 0.2) is 0 Å². The number of aryl methyl sites for hydroxylation is 1. The summed E-state index contributed by atoms with van der Waals surface area (Å²) in [6, 6.07) is 33.0. The molecule has 0 spiro atoms. The van der Waals surface area contributed by atoms with Crippen molar-refractivity contribution in [2.24, 2.45) is 0 Å². The molecule has 0 bridgehead atoms. The predicted octanol–water partition coefficient (Wildman–Crippen LogP) is 7.91. The molecule has 0 radical (unpaired) electrons. The van der Waals surface area contributed by atoms with Crippen LogP contribution in [0.25, 0.3) is 38.8 Å². The number of rotatable bonds is 4. The van der Waals surface area contributed by atoms with Gasteiger partial charge in [0.2, 0.25) is 0 Å². The highest BCUT2D eigenvalue weighted by Crippen LogP contribution is 2.36. The highest BCUT2D eigenvalue weighted by molar-refractivity contribution is 7.72. The van der Waals surface area contributed by atoms with E-state index in [0.29, 0.717) is 0 Å². The number of hydrogen-bond donors (Lipinski definition) is 0. The molecule has 0 aliphatic rings. The molecule has 0 saturated heterocycles. The zero-order valence-electron chi connectivity index (χ0n) is 22.6. The molecule has 6 aromatic rings. The summed E-state index contributed by atoms with van der Waals surface area (Å²) >= 11 is 0. The first kappa shape index (κ1) is 24.5. The Kier molecular flexibility index (Phi) is 6.13. The van der Waals surface area contributed by atoms with Gasteiger partial charge in [0.1, 0.15) is 5.82 Å². The van der Waals surface area contributed by atoms with E-state index in [2.05, 4.69) is 124 Å². The number of fused-ring (bicyclic) bond motifs is 3. The minimum Gasteiger partial charge on any atom is -0.294 e. The molecule has 188 valence electrons. The fourth-order valence-electron chi connectivity index (χ4n) is 5.13. The molecule has 4 heteroatoms. The van der Waals surface area contributed by atoms with Crippen LogP contribution in [0, 0.1) is 6.92 Å². The lowest BCUT2D eigenvalue weighted by Gasteiger charge is -2.21. The SMILES string of the molecule is Cc1ccnc(-n2c3ccccc3c3ccc(-c4cccc(P(C)c5cc(C(C)(C)C)ccn5)c4)cc32)c1. The molecule has 0 amide bonds. The van der Waals surface area contributed by atoms with Gasteiger partial charge in [-0.15, -0.1) is 0 Å². The number of pyridine rings is 2. The molecule has 3 nitrogen and oxygen atoms in total. The Morgan fingerprint density at radius 2 is 1.45 bits per heavy atom. The zero-order chi connectivity index (χ0) is 26.4. The summed E-state index contributed by atoms with van der Waals surface area (Å²) in [5.41, 5.74) is 8.58. The second-order valence-corrected chi connectivity index (χ2v) is 13.1. The highest BCUT2D eigenvalue weighted by Gasteiger charge is 2.18. The van der Waals surface area contributed by atoms with E-state index < -0.39 is 7.92 Å². The number of para-hydroxylation sites is 1. The third-order valence-electron chi connectivity index (χ3n) is 7.33. The fourth-order valence-corrected chi connectivity index (χ4v) is 6.61. The van der Waals surface area contributed by atoms with Gasteiger partial charge in [-0.3, -0.25) is 9.55 Å². The lowest BCUT2D eigenvalue weighted by Crippen LogP contribution is -2.19. The molecule has 6 rings (SSSR count). The van der Waals surface area contributed by atoms with Gasteiger partial charge in [0.25, 0.3) is 0 Å². The Bertz CT molecular complexity index is 1790. The molecule has 0 aliphatic carbocycles. The third kappa shape index (κ3) is 4.42. The van der Waals surface area contributed by atoms with Crippen molar-refractivity contribution >= 4 is 40.5 Å². The van der Waals surface area contributed by atoms with E-state index in [0.717, 1.165) is 5.82 Å². The molecule has 38 heavy (non-hydrogen) atoms. The Labute approximate surface area is 226 Å².